The third kappa shape index (κ3) is 6.07. The Bertz CT molecular complexity index is 770. The van der Waals surface area contributed by atoms with E-state index in [1.54, 1.807) is 7.11 Å². The van der Waals surface area contributed by atoms with Crippen molar-refractivity contribution in [3.8, 4) is 5.75 Å². The number of benzene rings is 2. The van der Waals surface area contributed by atoms with E-state index in [1.165, 1.54) is 53.5 Å². The van der Waals surface area contributed by atoms with E-state index in [1.807, 2.05) is 6.07 Å². The molecule has 0 aromatic heterocycles. The third-order valence-corrected chi connectivity index (χ3v) is 6.58. The van der Waals surface area contributed by atoms with Gasteiger partial charge in [-0.3, -0.25) is 4.90 Å². The number of rotatable bonds is 8. The predicted octanol–water partition coefficient (Wildman–Crippen LogP) is 5.39. The van der Waals surface area contributed by atoms with Crippen molar-refractivity contribution in [1.29, 1.82) is 0 Å². The van der Waals surface area contributed by atoms with Gasteiger partial charge in [0.1, 0.15) is 5.75 Å². The van der Waals surface area contributed by atoms with Crippen LogP contribution in [-0.2, 0) is 13.1 Å². The SMILES string of the molecule is COc1cccc(CN(Cc2c(C)cc(C)cc2C)CC2CCC(CN)CC2)c1. The van der Waals surface area contributed by atoms with E-state index in [4.69, 9.17) is 10.5 Å². The van der Waals surface area contributed by atoms with Gasteiger partial charge in [0.15, 0.2) is 0 Å². The molecule has 0 spiro atoms. The molecule has 0 bridgehead atoms. The molecular formula is C26H38N2O. The molecule has 2 aromatic rings. The van der Waals surface area contributed by atoms with E-state index in [0.717, 1.165) is 43.8 Å². The summed E-state index contributed by atoms with van der Waals surface area (Å²) in [6.45, 7) is 10.7. The molecule has 0 atom stereocenters. The van der Waals surface area contributed by atoms with Gasteiger partial charge in [-0.25, -0.2) is 0 Å². The lowest BCUT2D eigenvalue weighted by atomic mass is 9.81. The Morgan fingerprint density at radius 1 is 0.931 bits per heavy atom. The van der Waals surface area contributed by atoms with Gasteiger partial charge in [0, 0.05) is 19.6 Å². The van der Waals surface area contributed by atoms with Crippen molar-refractivity contribution in [2.24, 2.45) is 17.6 Å². The molecule has 0 radical (unpaired) electrons. The quantitative estimate of drug-likeness (QED) is 0.652. The fraction of sp³-hybridized carbons (Fsp3) is 0.538. The predicted molar refractivity (Wildman–Crippen MR) is 122 cm³/mol. The maximum atomic E-state index is 5.90. The molecule has 0 amide bonds. The van der Waals surface area contributed by atoms with E-state index < -0.39 is 0 Å². The summed E-state index contributed by atoms with van der Waals surface area (Å²) in [5.41, 5.74) is 12.9. The number of methoxy groups -OCH3 is 1. The third-order valence-electron chi connectivity index (χ3n) is 6.58. The minimum absolute atomic E-state index is 0.736. The number of ether oxygens (including phenoxy) is 1. The molecular weight excluding hydrogens is 356 g/mol. The van der Waals surface area contributed by atoms with Crippen LogP contribution in [0.1, 0.15) is 53.5 Å². The maximum Gasteiger partial charge on any atom is 0.119 e. The van der Waals surface area contributed by atoms with Crippen LogP contribution in [-0.4, -0.2) is 25.1 Å². The maximum absolute atomic E-state index is 5.90. The summed E-state index contributed by atoms with van der Waals surface area (Å²) in [4.78, 5) is 2.65. The van der Waals surface area contributed by atoms with Crippen LogP contribution in [0, 0.1) is 32.6 Å². The standard InChI is InChI=1S/C26H38N2O/c1-19-12-20(2)26(21(3)13-19)18-28(16-23-10-8-22(15-27)9-11-23)17-24-6-5-7-25(14-24)29-4/h5-7,12-14,22-23H,8-11,15-18,27H2,1-4H3. The number of hydrogen-bond acceptors (Lipinski definition) is 3. The molecule has 0 unspecified atom stereocenters. The van der Waals surface area contributed by atoms with Crippen molar-refractivity contribution in [3.63, 3.8) is 0 Å². The molecule has 1 aliphatic rings. The van der Waals surface area contributed by atoms with Crippen LogP contribution in [0.25, 0.3) is 0 Å². The van der Waals surface area contributed by atoms with Crippen LogP contribution in [0.15, 0.2) is 36.4 Å². The lowest BCUT2D eigenvalue weighted by Gasteiger charge is -2.33. The molecule has 29 heavy (non-hydrogen) atoms. The highest BCUT2D eigenvalue weighted by molar-refractivity contribution is 5.37. The topological polar surface area (TPSA) is 38.5 Å². The number of nitrogens with two attached hydrogens (primary N) is 1. The second kappa shape index (κ2) is 10.3. The summed E-state index contributed by atoms with van der Waals surface area (Å²) in [6, 6.07) is 13.2. The zero-order valence-corrected chi connectivity index (χ0v) is 18.7. The van der Waals surface area contributed by atoms with Crippen molar-refractivity contribution >= 4 is 0 Å². The van der Waals surface area contributed by atoms with Gasteiger partial charge in [0.05, 0.1) is 7.11 Å². The zero-order valence-electron chi connectivity index (χ0n) is 18.7. The summed E-state index contributed by atoms with van der Waals surface area (Å²) in [5, 5.41) is 0. The van der Waals surface area contributed by atoms with Gasteiger partial charge in [-0.2, -0.15) is 0 Å². The molecule has 1 fully saturated rings. The number of hydrogen-bond donors (Lipinski definition) is 1. The fourth-order valence-electron chi connectivity index (χ4n) is 4.91. The molecule has 3 nitrogen and oxygen atoms in total. The van der Waals surface area contributed by atoms with Gasteiger partial charge < -0.3 is 10.5 Å². The first kappa shape index (κ1) is 21.9. The molecule has 1 saturated carbocycles. The van der Waals surface area contributed by atoms with Gasteiger partial charge in [-0.1, -0.05) is 29.8 Å². The smallest absolute Gasteiger partial charge is 0.119 e. The van der Waals surface area contributed by atoms with Crippen molar-refractivity contribution < 1.29 is 4.74 Å². The average Bonchev–Trinajstić information content (AvgIpc) is 2.71. The van der Waals surface area contributed by atoms with Crippen LogP contribution in [0.5, 0.6) is 5.75 Å². The van der Waals surface area contributed by atoms with Crippen molar-refractivity contribution in [2.75, 3.05) is 20.2 Å². The highest BCUT2D eigenvalue weighted by Gasteiger charge is 2.23. The molecule has 3 rings (SSSR count). The molecule has 2 N–H and O–H groups in total. The largest absolute Gasteiger partial charge is 0.497 e. The van der Waals surface area contributed by atoms with Crippen molar-refractivity contribution in [1.82, 2.24) is 4.90 Å². The first-order valence-electron chi connectivity index (χ1n) is 11.1. The number of aryl methyl sites for hydroxylation is 3. The highest BCUT2D eigenvalue weighted by atomic mass is 16.5. The van der Waals surface area contributed by atoms with E-state index in [0.29, 0.717) is 0 Å². The van der Waals surface area contributed by atoms with Crippen LogP contribution >= 0.6 is 0 Å². The van der Waals surface area contributed by atoms with Crippen LogP contribution in [0.4, 0.5) is 0 Å². The lowest BCUT2D eigenvalue weighted by Crippen LogP contribution is -2.32. The van der Waals surface area contributed by atoms with E-state index in [-0.39, 0.29) is 0 Å². The van der Waals surface area contributed by atoms with Crippen molar-refractivity contribution in [2.45, 2.75) is 59.5 Å². The summed E-state index contributed by atoms with van der Waals surface area (Å²) in [7, 11) is 1.74. The molecule has 0 saturated heterocycles. The molecule has 3 heteroatoms. The normalized spacial score (nSPS) is 19.5. The van der Waals surface area contributed by atoms with Crippen LogP contribution in [0.3, 0.4) is 0 Å². The second-order valence-corrected chi connectivity index (χ2v) is 9.02. The van der Waals surface area contributed by atoms with E-state index in [9.17, 15) is 0 Å². The van der Waals surface area contributed by atoms with Gasteiger partial charge >= 0.3 is 0 Å². The highest BCUT2D eigenvalue weighted by Crippen LogP contribution is 2.30. The van der Waals surface area contributed by atoms with Crippen LogP contribution < -0.4 is 10.5 Å². The van der Waals surface area contributed by atoms with Crippen LogP contribution in [0.2, 0.25) is 0 Å². The zero-order chi connectivity index (χ0) is 20.8. The number of nitrogens with zero attached hydrogens (tertiary/aromatic N) is 1. The van der Waals surface area contributed by atoms with Gasteiger partial charge in [-0.15, -0.1) is 0 Å². The Balaban J connectivity index is 1.77. The monoisotopic (exact) mass is 394 g/mol. The first-order chi connectivity index (χ1) is 14.0. The Hall–Kier alpha value is -1.84. The van der Waals surface area contributed by atoms with E-state index >= 15 is 0 Å². The second-order valence-electron chi connectivity index (χ2n) is 9.02. The Morgan fingerprint density at radius 3 is 2.21 bits per heavy atom. The van der Waals surface area contributed by atoms with Gasteiger partial charge in [0.2, 0.25) is 0 Å². The average molecular weight is 395 g/mol. The molecule has 0 heterocycles. The summed E-state index contributed by atoms with van der Waals surface area (Å²) < 4.78 is 5.45. The minimum atomic E-state index is 0.736. The fourth-order valence-corrected chi connectivity index (χ4v) is 4.91. The molecule has 1 aliphatic carbocycles. The molecule has 158 valence electrons. The van der Waals surface area contributed by atoms with Crippen molar-refractivity contribution in [3.05, 3.63) is 64.2 Å². The van der Waals surface area contributed by atoms with Gasteiger partial charge in [0.25, 0.3) is 0 Å². The minimum Gasteiger partial charge on any atom is -0.497 e. The Kier molecular flexibility index (Phi) is 7.74. The summed E-state index contributed by atoms with van der Waals surface area (Å²) in [5.74, 6) is 2.45. The molecule has 2 aromatic carbocycles. The Morgan fingerprint density at radius 2 is 1.59 bits per heavy atom. The first-order valence-corrected chi connectivity index (χ1v) is 11.1. The lowest BCUT2D eigenvalue weighted by molar-refractivity contribution is 0.169. The summed E-state index contributed by atoms with van der Waals surface area (Å²) >= 11 is 0. The summed E-state index contributed by atoms with van der Waals surface area (Å²) in [6.07, 6.45) is 5.19. The van der Waals surface area contributed by atoms with E-state index in [2.05, 4.69) is 56.0 Å². The Labute approximate surface area is 177 Å². The van der Waals surface area contributed by atoms with Gasteiger partial charge in [-0.05, 0) is 99.2 Å². The molecule has 0 aliphatic heterocycles.